The van der Waals surface area contributed by atoms with Crippen molar-refractivity contribution in [1.29, 1.82) is 0 Å². The minimum absolute atomic E-state index is 0.117. The fourth-order valence-electron chi connectivity index (χ4n) is 3.97. The maximum Gasteiger partial charge on any atom is 0.225 e. The summed E-state index contributed by atoms with van der Waals surface area (Å²) in [7, 11) is 3.62. The molecule has 3 rings (SSSR count). The Morgan fingerprint density at radius 1 is 1.38 bits per heavy atom. The molecule has 2 N–H and O–H groups in total. The van der Waals surface area contributed by atoms with Crippen LogP contribution in [0.5, 0.6) is 0 Å². The first-order chi connectivity index (χ1) is 10.1. The van der Waals surface area contributed by atoms with Gasteiger partial charge in [-0.1, -0.05) is 6.42 Å². The van der Waals surface area contributed by atoms with E-state index >= 15 is 0 Å². The Bertz CT molecular complexity index is 501. The predicted octanol–water partition coefficient (Wildman–Crippen LogP) is 0.322. The first kappa shape index (κ1) is 14.4. The lowest BCUT2D eigenvalue weighted by atomic mass is 9.65. The minimum atomic E-state index is 0.117. The third kappa shape index (κ3) is 2.79. The van der Waals surface area contributed by atoms with Crippen LogP contribution < -0.4 is 5.73 Å². The molecule has 0 saturated heterocycles. The van der Waals surface area contributed by atoms with Gasteiger partial charge in [-0.2, -0.15) is 0 Å². The van der Waals surface area contributed by atoms with Crippen molar-refractivity contribution in [3.63, 3.8) is 0 Å². The zero-order chi connectivity index (χ0) is 15.0. The van der Waals surface area contributed by atoms with Crippen molar-refractivity contribution in [3.8, 4) is 0 Å². The number of carbonyl (C=O) groups excluding carboxylic acids is 1. The van der Waals surface area contributed by atoms with Gasteiger partial charge in [0.15, 0.2) is 5.82 Å². The Labute approximate surface area is 124 Å². The SMILES string of the molecule is CN(Cc1nnnn1C)C(=O)C1CC2CCCC(C1)C2N. The number of fused-ring (bicyclic) bond motifs is 2. The quantitative estimate of drug-likeness (QED) is 0.866. The van der Waals surface area contributed by atoms with E-state index in [1.54, 1.807) is 16.6 Å². The van der Waals surface area contributed by atoms with Crippen molar-refractivity contribution in [2.24, 2.45) is 30.5 Å². The molecule has 0 aromatic carbocycles. The summed E-state index contributed by atoms with van der Waals surface area (Å²) >= 11 is 0. The van der Waals surface area contributed by atoms with Gasteiger partial charge in [-0.3, -0.25) is 4.79 Å². The van der Waals surface area contributed by atoms with Gasteiger partial charge in [0.25, 0.3) is 0 Å². The van der Waals surface area contributed by atoms with E-state index in [1.165, 1.54) is 19.3 Å². The van der Waals surface area contributed by atoms with Gasteiger partial charge in [-0.05, 0) is 47.9 Å². The molecule has 0 radical (unpaired) electrons. The molecule has 7 heteroatoms. The Morgan fingerprint density at radius 2 is 2.05 bits per heavy atom. The highest BCUT2D eigenvalue weighted by molar-refractivity contribution is 5.78. The average Bonchev–Trinajstić information content (AvgIpc) is 2.83. The summed E-state index contributed by atoms with van der Waals surface area (Å²) in [5.41, 5.74) is 6.30. The Balaban J connectivity index is 1.64. The highest BCUT2D eigenvalue weighted by Gasteiger charge is 2.41. The molecule has 21 heavy (non-hydrogen) atoms. The second-order valence-electron chi connectivity index (χ2n) is 6.61. The number of aryl methyl sites for hydroxylation is 1. The van der Waals surface area contributed by atoms with Crippen LogP contribution in [0.15, 0.2) is 0 Å². The van der Waals surface area contributed by atoms with Gasteiger partial charge in [0.05, 0.1) is 6.54 Å². The molecular weight excluding hydrogens is 268 g/mol. The van der Waals surface area contributed by atoms with E-state index in [4.69, 9.17) is 5.73 Å². The molecule has 1 amide bonds. The molecule has 116 valence electrons. The number of hydrogen-bond donors (Lipinski definition) is 1. The second-order valence-corrected chi connectivity index (χ2v) is 6.61. The molecule has 7 nitrogen and oxygen atoms in total. The van der Waals surface area contributed by atoms with Crippen molar-refractivity contribution in [2.45, 2.75) is 44.7 Å². The molecule has 2 aliphatic carbocycles. The van der Waals surface area contributed by atoms with E-state index in [1.807, 2.05) is 7.05 Å². The highest BCUT2D eigenvalue weighted by atomic mass is 16.2. The molecule has 1 heterocycles. The molecule has 1 aromatic rings. The van der Waals surface area contributed by atoms with Crippen LogP contribution in [-0.4, -0.2) is 44.1 Å². The number of hydrogen-bond acceptors (Lipinski definition) is 5. The number of aromatic nitrogens is 4. The van der Waals surface area contributed by atoms with E-state index in [9.17, 15) is 4.79 Å². The molecular formula is C14H24N6O. The highest BCUT2D eigenvalue weighted by Crippen LogP contribution is 2.42. The van der Waals surface area contributed by atoms with Crippen LogP contribution >= 0.6 is 0 Å². The standard InChI is InChI=1S/C14H24N6O/c1-19(8-12-16-17-18-20(12)2)14(21)11-6-9-4-3-5-10(7-11)13(9)15/h9-11,13H,3-8,15H2,1-2H3. The average molecular weight is 292 g/mol. The van der Waals surface area contributed by atoms with Crippen molar-refractivity contribution < 1.29 is 4.79 Å². The smallest absolute Gasteiger partial charge is 0.225 e. The number of tetrazole rings is 1. The fourth-order valence-corrected chi connectivity index (χ4v) is 3.97. The number of carbonyl (C=O) groups is 1. The third-order valence-corrected chi connectivity index (χ3v) is 5.22. The number of rotatable bonds is 3. The molecule has 0 spiro atoms. The van der Waals surface area contributed by atoms with Crippen molar-refractivity contribution >= 4 is 5.91 Å². The normalized spacial score (nSPS) is 32.0. The van der Waals surface area contributed by atoms with Gasteiger partial charge >= 0.3 is 0 Å². The zero-order valence-corrected chi connectivity index (χ0v) is 12.8. The van der Waals surface area contributed by atoms with Gasteiger partial charge in [0.2, 0.25) is 5.91 Å². The van der Waals surface area contributed by atoms with Crippen molar-refractivity contribution in [1.82, 2.24) is 25.1 Å². The van der Waals surface area contributed by atoms with Gasteiger partial charge in [-0.15, -0.1) is 5.10 Å². The van der Waals surface area contributed by atoms with E-state index in [0.29, 0.717) is 30.2 Å². The molecule has 2 fully saturated rings. The van der Waals surface area contributed by atoms with Gasteiger partial charge in [0.1, 0.15) is 0 Å². The minimum Gasteiger partial charge on any atom is -0.338 e. The first-order valence-electron chi connectivity index (χ1n) is 7.78. The predicted molar refractivity (Wildman–Crippen MR) is 76.8 cm³/mol. The summed E-state index contributed by atoms with van der Waals surface area (Å²) in [5.74, 6) is 2.08. The van der Waals surface area contributed by atoms with Gasteiger partial charge in [-0.25, -0.2) is 4.68 Å². The summed E-state index contributed by atoms with van der Waals surface area (Å²) < 4.78 is 1.61. The van der Waals surface area contributed by atoms with Crippen LogP contribution in [0.4, 0.5) is 0 Å². The van der Waals surface area contributed by atoms with Gasteiger partial charge in [0, 0.05) is 26.1 Å². The largest absolute Gasteiger partial charge is 0.338 e. The molecule has 2 aliphatic rings. The van der Waals surface area contributed by atoms with E-state index < -0.39 is 0 Å². The van der Waals surface area contributed by atoms with E-state index in [2.05, 4.69) is 15.5 Å². The molecule has 1 aromatic heterocycles. The monoisotopic (exact) mass is 292 g/mol. The molecule has 2 unspecified atom stereocenters. The molecule has 2 saturated carbocycles. The second kappa shape index (κ2) is 5.71. The summed E-state index contributed by atoms with van der Waals surface area (Å²) in [6.45, 7) is 0.459. The first-order valence-corrected chi connectivity index (χ1v) is 7.78. The Morgan fingerprint density at radius 3 is 2.62 bits per heavy atom. The summed E-state index contributed by atoms with van der Waals surface area (Å²) in [6, 6.07) is 0.302. The lowest BCUT2D eigenvalue weighted by molar-refractivity contribution is -0.138. The zero-order valence-electron chi connectivity index (χ0n) is 12.8. The molecule has 2 bridgehead atoms. The maximum absolute atomic E-state index is 12.7. The van der Waals surface area contributed by atoms with Crippen LogP contribution in [0, 0.1) is 17.8 Å². The van der Waals surface area contributed by atoms with Crippen molar-refractivity contribution in [3.05, 3.63) is 5.82 Å². The van der Waals surface area contributed by atoms with Crippen LogP contribution in [0.3, 0.4) is 0 Å². The van der Waals surface area contributed by atoms with Gasteiger partial charge < -0.3 is 10.6 Å². The van der Waals surface area contributed by atoms with Crippen LogP contribution in [0.2, 0.25) is 0 Å². The molecule has 0 aliphatic heterocycles. The Hall–Kier alpha value is -1.50. The lowest BCUT2D eigenvalue weighted by Crippen LogP contribution is -2.49. The summed E-state index contributed by atoms with van der Waals surface area (Å²) in [5, 5.41) is 11.4. The third-order valence-electron chi connectivity index (χ3n) is 5.22. The number of nitrogens with two attached hydrogens (primary N) is 1. The number of amides is 1. The fraction of sp³-hybridized carbons (Fsp3) is 0.857. The van der Waals surface area contributed by atoms with Crippen LogP contribution in [0.1, 0.15) is 37.9 Å². The molecule has 2 atom stereocenters. The topological polar surface area (TPSA) is 89.9 Å². The van der Waals surface area contributed by atoms with Crippen LogP contribution in [-0.2, 0) is 18.4 Å². The van der Waals surface area contributed by atoms with Crippen LogP contribution in [0.25, 0.3) is 0 Å². The summed E-state index contributed by atoms with van der Waals surface area (Å²) in [6.07, 6.45) is 5.51. The lowest BCUT2D eigenvalue weighted by Gasteiger charge is -2.44. The van der Waals surface area contributed by atoms with E-state index in [-0.39, 0.29) is 11.8 Å². The number of nitrogens with zero attached hydrogens (tertiary/aromatic N) is 5. The summed E-state index contributed by atoms with van der Waals surface area (Å²) in [4.78, 5) is 14.4. The van der Waals surface area contributed by atoms with Crippen molar-refractivity contribution in [2.75, 3.05) is 7.05 Å². The van der Waals surface area contributed by atoms with E-state index in [0.717, 1.165) is 12.8 Å². The Kier molecular flexibility index (Phi) is 3.93. The maximum atomic E-state index is 12.7.